The fraction of sp³-hybridized carbons (Fsp3) is 0.885. The molecule has 2 saturated carbocycles. The Bertz CT molecular complexity index is 2310. The van der Waals surface area contributed by atoms with Crippen molar-refractivity contribution in [2.24, 2.45) is 46.3 Å². The van der Waals surface area contributed by atoms with Crippen LogP contribution in [0.4, 0.5) is 0 Å². The fourth-order valence-electron chi connectivity index (χ4n) is 16.5. The molecule has 0 aromatic rings. The molecular weight excluding hydrogens is 1070 g/mol. The van der Waals surface area contributed by atoms with E-state index in [2.05, 4.69) is 11.4 Å². The number of rotatable bonds is 12. The number of carbonyl (C=O) groups excluding carboxylic acids is 3. The van der Waals surface area contributed by atoms with Crippen LogP contribution < -0.4 is 5.32 Å². The van der Waals surface area contributed by atoms with Crippen molar-refractivity contribution in [3.63, 3.8) is 0 Å². The molecule has 464 valence electrons. The maximum Gasteiger partial charge on any atom is 0.311 e. The van der Waals surface area contributed by atoms with Crippen LogP contribution in [0.2, 0.25) is 0 Å². The number of likely N-dealkylation sites (N-methyl/N-ethyl adjacent to an activating group) is 1. The number of alkyl halides is 1. The summed E-state index contributed by atoms with van der Waals surface area (Å²) in [5, 5.41) is 88.9. The van der Waals surface area contributed by atoms with Crippen LogP contribution in [-0.2, 0) is 42.8 Å². The zero-order valence-corrected chi connectivity index (χ0v) is 52.0. The standard InChI is InChI=1S/C61H102ClN3O16/c1-17-45-59(13,74)49(69)37(7)65(24-18-23-63-54(72)61(75)33(3)25-42-41-20-19-39-27-40(66)21-22-55(39,9)60(41,62)44(67)29-56(42,61)10)31-32(2)28-57(11,73)51(81-53-47(68)43(64(14)15)26-34(4)77-53)35(5)48(36(6)52(71)79-45)80-46-30-58(12,76-16)50(70)38(8)78-46/h19,21-22,32-38,41-51,53,67-70,73-75H,17-18,20,23-31H2,1-16H3,(H,63,72)/t32-,33+,34-,35+,36-,37-,38?,41?,42?,43-,44+,45-,46-,47-,48?,49-,50-,51?,53+,55+,56+,57-,58+,59-,60+,61+/m1/s1. The van der Waals surface area contributed by atoms with Crippen molar-refractivity contribution in [2.45, 2.75) is 255 Å². The van der Waals surface area contributed by atoms with Crippen molar-refractivity contribution in [3.8, 4) is 0 Å². The smallest absolute Gasteiger partial charge is 0.311 e. The molecule has 5 unspecified atom stereocenters. The number of ether oxygens (including phenoxy) is 6. The predicted octanol–water partition coefficient (Wildman–Crippen LogP) is 4.39. The van der Waals surface area contributed by atoms with E-state index >= 15 is 0 Å². The van der Waals surface area contributed by atoms with Crippen LogP contribution in [0.1, 0.15) is 148 Å². The van der Waals surface area contributed by atoms with Gasteiger partial charge in [-0.2, -0.15) is 0 Å². The minimum absolute atomic E-state index is 0.0138. The number of aliphatic hydroxyl groups is 7. The Hall–Kier alpha value is -2.18. The number of aliphatic hydroxyl groups excluding tert-OH is 4. The molecule has 1 amide bonds. The van der Waals surface area contributed by atoms with Gasteiger partial charge in [0.2, 0.25) is 0 Å². The van der Waals surface area contributed by atoms with E-state index in [9.17, 15) is 50.1 Å². The highest BCUT2D eigenvalue weighted by Gasteiger charge is 2.74. The molecule has 7 aliphatic rings. The Morgan fingerprint density at radius 1 is 0.901 bits per heavy atom. The van der Waals surface area contributed by atoms with Gasteiger partial charge in [-0.25, -0.2) is 0 Å². The Balaban J connectivity index is 1.16. The normalized spacial score (nSPS) is 50.3. The number of esters is 1. The van der Waals surface area contributed by atoms with Gasteiger partial charge in [-0.1, -0.05) is 59.3 Å². The number of nitrogens with zero attached hydrogens (tertiary/aromatic N) is 2. The van der Waals surface area contributed by atoms with Crippen molar-refractivity contribution in [1.82, 2.24) is 15.1 Å². The molecule has 3 aliphatic heterocycles. The van der Waals surface area contributed by atoms with Gasteiger partial charge in [0.25, 0.3) is 5.91 Å². The van der Waals surface area contributed by atoms with Crippen molar-refractivity contribution in [2.75, 3.05) is 40.8 Å². The first-order chi connectivity index (χ1) is 37.5. The van der Waals surface area contributed by atoms with E-state index in [-0.39, 0.29) is 87.4 Å². The monoisotopic (exact) mass is 1170 g/mol. The lowest BCUT2D eigenvalue weighted by Gasteiger charge is -2.63. The maximum absolute atomic E-state index is 14.7. The van der Waals surface area contributed by atoms with Gasteiger partial charge in [-0.15, -0.1) is 11.6 Å². The summed E-state index contributed by atoms with van der Waals surface area (Å²) in [7, 11) is 5.22. The van der Waals surface area contributed by atoms with Gasteiger partial charge in [0.05, 0.1) is 52.5 Å². The average Bonchev–Trinajstić information content (AvgIpc) is 2.79. The van der Waals surface area contributed by atoms with Gasteiger partial charge in [0.1, 0.15) is 30.0 Å². The van der Waals surface area contributed by atoms with Crippen LogP contribution in [0.25, 0.3) is 0 Å². The largest absolute Gasteiger partial charge is 0.459 e. The summed E-state index contributed by atoms with van der Waals surface area (Å²) >= 11 is 7.67. The zero-order chi connectivity index (χ0) is 60.5. The second-order valence-electron chi connectivity index (χ2n) is 27.5. The van der Waals surface area contributed by atoms with Crippen LogP contribution in [-0.4, -0.2) is 211 Å². The molecule has 0 radical (unpaired) electrons. The molecule has 3 heterocycles. The van der Waals surface area contributed by atoms with Crippen molar-refractivity contribution in [1.29, 1.82) is 0 Å². The van der Waals surface area contributed by atoms with Gasteiger partial charge in [0.15, 0.2) is 24.0 Å². The SMILES string of the molecule is CC[C@H]1OC(=O)[C@H](C)C(O[C@@H]2C[C@](C)(OC)[C@H](O)C(C)O2)[C@H](C)C(O[C@@H]2O[C@H](C)C[C@@H](N(C)C)[C@H]2O)[C@](C)(O)C[C@@H](C)CN(CCCNC(=O)[C@@]2(O)[C@@H](C)CC3C4CC=C5CC(=O)C=C[C@]5(C)[C@@]4(Cl)[C@@H](O)C[C@@]32C)[C@H](C)[C@@H](O)[C@]1(C)O. The predicted molar refractivity (Wildman–Crippen MR) is 303 cm³/mol. The molecule has 81 heavy (non-hydrogen) atoms. The Kier molecular flexibility index (Phi) is 20.1. The number of methoxy groups -OCH3 is 1. The summed E-state index contributed by atoms with van der Waals surface area (Å²) in [6, 6.07) is -1.14. The third-order valence-electron chi connectivity index (χ3n) is 21.5. The molecule has 20 heteroatoms. The fourth-order valence-corrected chi connectivity index (χ4v) is 17.0. The highest BCUT2D eigenvalue weighted by atomic mass is 35.5. The van der Waals surface area contributed by atoms with Gasteiger partial charge < -0.3 is 74.4 Å². The molecule has 19 nitrogen and oxygen atoms in total. The molecule has 0 aromatic carbocycles. The van der Waals surface area contributed by atoms with Gasteiger partial charge >= 0.3 is 5.97 Å². The third-order valence-corrected chi connectivity index (χ3v) is 22.4. The second-order valence-corrected chi connectivity index (χ2v) is 28.1. The van der Waals surface area contributed by atoms with Gasteiger partial charge in [0, 0.05) is 68.4 Å². The molecule has 26 atom stereocenters. The molecule has 0 spiro atoms. The van der Waals surface area contributed by atoms with E-state index in [4.69, 9.17) is 40.0 Å². The minimum Gasteiger partial charge on any atom is -0.459 e. The van der Waals surface area contributed by atoms with Crippen LogP contribution in [0.3, 0.4) is 0 Å². The van der Waals surface area contributed by atoms with E-state index in [0.29, 0.717) is 25.7 Å². The van der Waals surface area contributed by atoms with Crippen molar-refractivity contribution in [3.05, 3.63) is 23.8 Å². The van der Waals surface area contributed by atoms with E-state index in [1.165, 1.54) is 14.0 Å². The Morgan fingerprint density at radius 3 is 2.20 bits per heavy atom. The number of halogens is 1. The van der Waals surface area contributed by atoms with E-state index < -0.39 is 135 Å². The van der Waals surface area contributed by atoms with Gasteiger partial charge in [-0.05, 0) is 137 Å². The first kappa shape index (κ1) is 66.3. The van der Waals surface area contributed by atoms with Crippen LogP contribution in [0.5, 0.6) is 0 Å². The first-order valence-electron chi connectivity index (χ1n) is 30.1. The molecule has 4 aliphatic carbocycles. The number of amides is 1. The molecule has 0 aromatic heterocycles. The summed E-state index contributed by atoms with van der Waals surface area (Å²) in [5.74, 6) is -4.67. The molecule has 3 saturated heterocycles. The van der Waals surface area contributed by atoms with E-state index in [1.54, 1.807) is 54.5 Å². The lowest BCUT2D eigenvalue weighted by Crippen LogP contribution is -2.69. The van der Waals surface area contributed by atoms with E-state index in [0.717, 1.165) is 5.57 Å². The number of hydrogen-bond acceptors (Lipinski definition) is 18. The van der Waals surface area contributed by atoms with Crippen molar-refractivity contribution < 1.29 is 78.6 Å². The number of fused-ring (bicyclic) bond motifs is 5. The summed E-state index contributed by atoms with van der Waals surface area (Å²) in [6.07, 6.45) is -3.66. The summed E-state index contributed by atoms with van der Waals surface area (Å²) < 4.78 is 38.3. The number of carbonyl (C=O) groups is 3. The molecule has 7 rings (SSSR count). The Labute approximate surface area is 486 Å². The average molecular weight is 1170 g/mol. The zero-order valence-electron chi connectivity index (χ0n) is 51.3. The molecular formula is C61H102ClN3O16. The number of allylic oxidation sites excluding steroid dienone is 4. The number of ketones is 1. The number of nitrogens with one attached hydrogen (secondary N) is 1. The van der Waals surface area contributed by atoms with Crippen LogP contribution >= 0.6 is 11.6 Å². The highest BCUT2D eigenvalue weighted by Crippen LogP contribution is 2.71. The van der Waals surface area contributed by atoms with Gasteiger partial charge in [-0.3, -0.25) is 19.3 Å². The lowest BCUT2D eigenvalue weighted by atomic mass is 9.46. The van der Waals surface area contributed by atoms with Crippen LogP contribution in [0.15, 0.2) is 23.8 Å². The minimum atomic E-state index is -2.00. The van der Waals surface area contributed by atoms with E-state index in [1.807, 2.05) is 64.6 Å². The van der Waals surface area contributed by atoms with Crippen LogP contribution in [0, 0.1) is 46.3 Å². The Morgan fingerprint density at radius 2 is 1.57 bits per heavy atom. The topological polar surface area (TPSA) is 267 Å². The summed E-state index contributed by atoms with van der Waals surface area (Å²) in [6.45, 7) is 23.7. The number of hydrogen-bond donors (Lipinski definition) is 8. The highest BCUT2D eigenvalue weighted by molar-refractivity contribution is 6.26. The lowest BCUT2D eigenvalue weighted by molar-refractivity contribution is -0.318. The molecule has 8 N–H and O–H groups in total. The summed E-state index contributed by atoms with van der Waals surface area (Å²) in [4.78, 5) is 44.7. The second kappa shape index (κ2) is 24.5. The third kappa shape index (κ3) is 11.9. The first-order valence-corrected chi connectivity index (χ1v) is 30.4. The molecule has 5 fully saturated rings. The number of cyclic esters (lactones) is 1. The van der Waals surface area contributed by atoms with Crippen molar-refractivity contribution >= 4 is 29.3 Å². The summed E-state index contributed by atoms with van der Waals surface area (Å²) in [5.41, 5.74) is -7.63. The maximum atomic E-state index is 14.7. The quantitative estimate of drug-likeness (QED) is 0.0583. The molecule has 0 bridgehead atoms.